The summed E-state index contributed by atoms with van der Waals surface area (Å²) in [6.07, 6.45) is 0.548. The van der Waals surface area contributed by atoms with Crippen molar-refractivity contribution in [2.45, 2.75) is 11.6 Å². The molecule has 1 N–H and O–H groups in total. The molecule has 1 heterocycles. The number of nitrogens with one attached hydrogen (secondary N) is 1. The zero-order valence-corrected chi connectivity index (χ0v) is 16.1. The predicted molar refractivity (Wildman–Crippen MR) is 102 cm³/mol. The van der Waals surface area contributed by atoms with E-state index in [-0.39, 0.29) is 11.7 Å². The van der Waals surface area contributed by atoms with Crippen molar-refractivity contribution in [2.24, 2.45) is 0 Å². The number of carbonyl (C=O) groups is 1. The molecule has 25 heavy (non-hydrogen) atoms. The lowest BCUT2D eigenvalue weighted by Gasteiger charge is -2.05. The van der Waals surface area contributed by atoms with Crippen molar-refractivity contribution in [2.75, 3.05) is 11.1 Å². The number of aromatic nitrogens is 2. The number of hydrogen-bond donors (Lipinski definition) is 1. The van der Waals surface area contributed by atoms with Gasteiger partial charge < -0.3 is 9.73 Å². The molecule has 0 bridgehead atoms. The van der Waals surface area contributed by atoms with Crippen LogP contribution in [0.2, 0.25) is 5.02 Å². The van der Waals surface area contributed by atoms with Gasteiger partial charge in [-0.3, -0.25) is 4.79 Å². The average molecular weight is 439 g/mol. The molecule has 8 heteroatoms. The summed E-state index contributed by atoms with van der Waals surface area (Å²) in [6, 6.07) is 15.0. The molecule has 3 aromatic rings. The second-order valence-electron chi connectivity index (χ2n) is 5.08. The minimum absolute atomic E-state index is 0.158. The molecule has 3 rings (SSSR count). The van der Waals surface area contributed by atoms with Crippen molar-refractivity contribution >= 4 is 50.9 Å². The first kappa shape index (κ1) is 18.0. The zero-order chi connectivity index (χ0) is 17.6. The number of benzene rings is 2. The number of rotatable bonds is 6. The first-order chi connectivity index (χ1) is 12.1. The van der Waals surface area contributed by atoms with Crippen LogP contribution in [-0.4, -0.2) is 21.9 Å². The lowest BCUT2D eigenvalue weighted by Crippen LogP contribution is -2.14. The molecule has 0 unspecified atom stereocenters. The molecule has 0 radical (unpaired) electrons. The van der Waals surface area contributed by atoms with E-state index in [1.165, 1.54) is 11.8 Å². The van der Waals surface area contributed by atoms with E-state index in [9.17, 15) is 4.79 Å². The third-order valence-corrected chi connectivity index (χ3v) is 4.87. The van der Waals surface area contributed by atoms with E-state index in [1.54, 1.807) is 24.3 Å². The quantitative estimate of drug-likeness (QED) is 0.560. The summed E-state index contributed by atoms with van der Waals surface area (Å²) in [4.78, 5) is 12.0. The summed E-state index contributed by atoms with van der Waals surface area (Å²) < 4.78 is 6.58. The topological polar surface area (TPSA) is 68.0 Å². The van der Waals surface area contributed by atoms with Crippen molar-refractivity contribution in [3.8, 4) is 0 Å². The Bertz CT molecular complexity index is 870. The molecule has 0 spiro atoms. The Balaban J connectivity index is 1.52. The van der Waals surface area contributed by atoms with Gasteiger partial charge in [0.15, 0.2) is 0 Å². The van der Waals surface area contributed by atoms with E-state index in [0.717, 1.165) is 10.0 Å². The van der Waals surface area contributed by atoms with Crippen molar-refractivity contribution < 1.29 is 9.21 Å². The van der Waals surface area contributed by atoms with Gasteiger partial charge in [-0.15, -0.1) is 10.2 Å². The van der Waals surface area contributed by atoms with Crippen LogP contribution in [0.25, 0.3) is 0 Å². The van der Waals surface area contributed by atoms with Gasteiger partial charge in [0.1, 0.15) is 0 Å². The maximum atomic E-state index is 12.0. The maximum absolute atomic E-state index is 12.0. The fraction of sp³-hybridized carbons (Fsp3) is 0.118. The Morgan fingerprint density at radius 1 is 1.16 bits per heavy atom. The van der Waals surface area contributed by atoms with Crippen molar-refractivity contribution in [1.82, 2.24) is 10.2 Å². The van der Waals surface area contributed by atoms with Gasteiger partial charge in [-0.2, -0.15) is 0 Å². The van der Waals surface area contributed by atoms with Crippen LogP contribution in [-0.2, 0) is 11.2 Å². The van der Waals surface area contributed by atoms with E-state index < -0.39 is 0 Å². The van der Waals surface area contributed by atoms with E-state index >= 15 is 0 Å². The molecular weight excluding hydrogens is 426 g/mol. The monoisotopic (exact) mass is 437 g/mol. The van der Waals surface area contributed by atoms with Gasteiger partial charge in [0, 0.05) is 4.47 Å². The van der Waals surface area contributed by atoms with Crippen molar-refractivity contribution in [3.63, 3.8) is 0 Å². The van der Waals surface area contributed by atoms with Gasteiger partial charge in [-0.1, -0.05) is 63.6 Å². The van der Waals surface area contributed by atoms with Crippen LogP contribution in [0.1, 0.15) is 11.5 Å². The first-order valence-corrected chi connectivity index (χ1v) is 9.50. The Kier molecular flexibility index (Phi) is 6.12. The number of para-hydroxylation sites is 1. The van der Waals surface area contributed by atoms with Crippen LogP contribution in [0, 0.1) is 0 Å². The van der Waals surface area contributed by atoms with Gasteiger partial charge in [0.05, 0.1) is 22.9 Å². The summed E-state index contributed by atoms with van der Waals surface area (Å²) >= 11 is 10.6. The van der Waals surface area contributed by atoms with Crippen LogP contribution in [0.5, 0.6) is 0 Å². The Labute approximate surface area is 162 Å². The number of carbonyl (C=O) groups excluding carboxylic acids is 1. The average Bonchev–Trinajstić information content (AvgIpc) is 3.05. The smallest absolute Gasteiger partial charge is 0.277 e. The summed E-state index contributed by atoms with van der Waals surface area (Å²) in [5.41, 5.74) is 1.65. The molecule has 128 valence electrons. The molecule has 0 atom stereocenters. The summed E-state index contributed by atoms with van der Waals surface area (Å²) in [6.45, 7) is 0. The van der Waals surface area contributed by atoms with E-state index in [1.807, 2.05) is 24.3 Å². The van der Waals surface area contributed by atoms with Crippen LogP contribution < -0.4 is 5.32 Å². The first-order valence-electron chi connectivity index (χ1n) is 7.34. The summed E-state index contributed by atoms with van der Waals surface area (Å²) in [5, 5.41) is 11.6. The predicted octanol–water partition coefficient (Wildman–Crippen LogP) is 4.81. The van der Waals surface area contributed by atoms with Gasteiger partial charge in [0.25, 0.3) is 5.22 Å². The van der Waals surface area contributed by atoms with E-state index in [4.69, 9.17) is 16.0 Å². The molecule has 0 saturated heterocycles. The minimum Gasteiger partial charge on any atom is -0.416 e. The molecule has 0 aliphatic carbocycles. The highest BCUT2D eigenvalue weighted by Gasteiger charge is 2.11. The van der Waals surface area contributed by atoms with E-state index in [2.05, 4.69) is 31.4 Å². The van der Waals surface area contributed by atoms with Crippen LogP contribution >= 0.6 is 39.3 Å². The second kappa shape index (κ2) is 8.51. The van der Waals surface area contributed by atoms with Crippen molar-refractivity contribution in [3.05, 3.63) is 69.5 Å². The Hall–Kier alpha value is -1.83. The Morgan fingerprint density at radius 2 is 1.92 bits per heavy atom. The molecule has 5 nitrogen and oxygen atoms in total. The molecule has 1 amide bonds. The van der Waals surface area contributed by atoms with Gasteiger partial charge in [-0.25, -0.2) is 0 Å². The maximum Gasteiger partial charge on any atom is 0.277 e. The highest BCUT2D eigenvalue weighted by Crippen LogP contribution is 2.22. The highest BCUT2D eigenvalue weighted by atomic mass is 79.9. The highest BCUT2D eigenvalue weighted by molar-refractivity contribution is 9.10. The number of amides is 1. The summed E-state index contributed by atoms with van der Waals surface area (Å²) in [5.74, 6) is 0.479. The van der Waals surface area contributed by atoms with E-state index in [0.29, 0.717) is 28.2 Å². The normalized spacial score (nSPS) is 10.6. The van der Waals surface area contributed by atoms with Gasteiger partial charge in [0.2, 0.25) is 11.8 Å². The summed E-state index contributed by atoms with van der Waals surface area (Å²) in [7, 11) is 0. The molecule has 1 aromatic heterocycles. The number of anilines is 1. The fourth-order valence-electron chi connectivity index (χ4n) is 2.02. The SMILES string of the molecule is O=C(CSc1nnc(Cc2ccc(Br)cc2)o1)Nc1ccccc1Cl. The minimum atomic E-state index is -0.189. The third-order valence-electron chi connectivity index (χ3n) is 3.19. The second-order valence-corrected chi connectivity index (χ2v) is 7.33. The van der Waals surface area contributed by atoms with Gasteiger partial charge in [-0.05, 0) is 29.8 Å². The largest absolute Gasteiger partial charge is 0.416 e. The number of thioether (sulfide) groups is 1. The van der Waals surface area contributed by atoms with Crippen LogP contribution in [0.3, 0.4) is 0 Å². The lowest BCUT2D eigenvalue weighted by molar-refractivity contribution is -0.113. The van der Waals surface area contributed by atoms with Crippen LogP contribution in [0.15, 0.2) is 62.6 Å². The van der Waals surface area contributed by atoms with Gasteiger partial charge >= 0.3 is 0 Å². The van der Waals surface area contributed by atoms with Crippen LogP contribution in [0.4, 0.5) is 5.69 Å². The molecule has 2 aromatic carbocycles. The Morgan fingerprint density at radius 3 is 2.68 bits per heavy atom. The third kappa shape index (κ3) is 5.32. The fourth-order valence-corrected chi connectivity index (χ4v) is 3.05. The molecule has 0 aliphatic rings. The molecule has 0 aliphatic heterocycles. The molecule has 0 saturated carbocycles. The number of hydrogen-bond acceptors (Lipinski definition) is 5. The number of nitrogens with zero attached hydrogens (tertiary/aromatic N) is 2. The van der Waals surface area contributed by atoms with Crippen molar-refractivity contribution in [1.29, 1.82) is 0 Å². The molecular formula is C17H13BrClN3O2S. The lowest BCUT2D eigenvalue weighted by atomic mass is 10.2. The zero-order valence-electron chi connectivity index (χ0n) is 12.9. The standard InChI is InChI=1S/C17H13BrClN3O2S/c18-12-7-5-11(6-8-12)9-16-21-22-17(24-16)25-10-15(23)20-14-4-2-1-3-13(14)19/h1-8H,9-10H2,(H,20,23). The molecule has 0 fully saturated rings. The number of halogens is 2.